The Kier molecular flexibility index (Phi) is 4.92. The standard InChI is InChI=1S/C14H17FN4O2S/c1-3-4-5-10-22(20,21)17-14-11(2)19(18-16-14)13-8-6-12(15)7-9-13/h3,6-9,17H,1,4-5,10H2,2H3. The molecule has 2 rings (SSSR count). The molecule has 118 valence electrons. The molecular formula is C14H17FN4O2S. The smallest absolute Gasteiger partial charge is 0.233 e. The van der Waals surface area contributed by atoms with Crippen LogP contribution in [0.1, 0.15) is 18.5 Å². The second-order valence-corrected chi connectivity index (χ2v) is 6.61. The van der Waals surface area contributed by atoms with Crippen LogP contribution in [0.25, 0.3) is 5.69 Å². The van der Waals surface area contributed by atoms with Crippen LogP contribution < -0.4 is 4.72 Å². The van der Waals surface area contributed by atoms with Crippen molar-refractivity contribution in [3.05, 3.63) is 48.4 Å². The SMILES string of the molecule is C=CCCCS(=O)(=O)Nc1nnn(-c2ccc(F)cc2)c1C. The van der Waals surface area contributed by atoms with Gasteiger partial charge in [0.2, 0.25) is 10.0 Å². The first-order valence-electron chi connectivity index (χ1n) is 6.72. The number of hydrogen-bond donors (Lipinski definition) is 1. The van der Waals surface area contributed by atoms with Crippen molar-refractivity contribution in [1.82, 2.24) is 15.0 Å². The summed E-state index contributed by atoms with van der Waals surface area (Å²) in [5, 5.41) is 7.73. The van der Waals surface area contributed by atoms with Crippen LogP contribution in [0.4, 0.5) is 10.2 Å². The van der Waals surface area contributed by atoms with E-state index in [1.165, 1.54) is 16.8 Å². The number of benzene rings is 1. The van der Waals surface area contributed by atoms with Crippen LogP contribution in [-0.4, -0.2) is 29.2 Å². The quantitative estimate of drug-likeness (QED) is 0.627. The van der Waals surface area contributed by atoms with Crippen molar-refractivity contribution in [2.24, 2.45) is 0 Å². The molecule has 0 unspecified atom stereocenters. The van der Waals surface area contributed by atoms with Crippen LogP contribution in [-0.2, 0) is 10.0 Å². The summed E-state index contributed by atoms with van der Waals surface area (Å²) in [6, 6.07) is 5.68. The molecule has 0 aliphatic heterocycles. The number of hydrogen-bond acceptors (Lipinski definition) is 4. The molecule has 0 aliphatic carbocycles. The Hall–Kier alpha value is -2.22. The fraction of sp³-hybridized carbons (Fsp3) is 0.286. The van der Waals surface area contributed by atoms with Gasteiger partial charge in [-0.1, -0.05) is 11.3 Å². The maximum Gasteiger partial charge on any atom is 0.233 e. The van der Waals surface area contributed by atoms with Crippen LogP contribution in [0.5, 0.6) is 0 Å². The van der Waals surface area contributed by atoms with Crippen LogP contribution in [0.3, 0.4) is 0 Å². The van der Waals surface area contributed by atoms with Crippen LogP contribution >= 0.6 is 0 Å². The average molecular weight is 324 g/mol. The van der Waals surface area contributed by atoms with Crippen molar-refractivity contribution in [3.63, 3.8) is 0 Å². The summed E-state index contributed by atoms with van der Waals surface area (Å²) in [5.41, 5.74) is 1.13. The summed E-state index contributed by atoms with van der Waals surface area (Å²) in [6.07, 6.45) is 2.79. The fourth-order valence-corrected chi connectivity index (χ4v) is 3.00. The van der Waals surface area contributed by atoms with Gasteiger partial charge in [0.25, 0.3) is 0 Å². The monoisotopic (exact) mass is 324 g/mol. The van der Waals surface area contributed by atoms with Gasteiger partial charge in [0.1, 0.15) is 5.82 Å². The summed E-state index contributed by atoms with van der Waals surface area (Å²) in [4.78, 5) is 0. The highest BCUT2D eigenvalue weighted by atomic mass is 32.2. The number of nitrogens with one attached hydrogen (secondary N) is 1. The molecule has 1 aromatic carbocycles. The summed E-state index contributed by atoms with van der Waals surface area (Å²) in [6.45, 7) is 5.24. The maximum atomic E-state index is 12.9. The summed E-state index contributed by atoms with van der Waals surface area (Å²) >= 11 is 0. The zero-order valence-electron chi connectivity index (χ0n) is 12.2. The van der Waals surface area contributed by atoms with E-state index < -0.39 is 10.0 Å². The highest BCUT2D eigenvalue weighted by molar-refractivity contribution is 7.92. The molecule has 6 nitrogen and oxygen atoms in total. The number of rotatable bonds is 7. The van der Waals surface area contributed by atoms with Gasteiger partial charge in [-0.2, -0.15) is 0 Å². The fourth-order valence-electron chi connectivity index (χ4n) is 1.87. The van der Waals surface area contributed by atoms with Gasteiger partial charge in [0.15, 0.2) is 5.82 Å². The zero-order chi connectivity index (χ0) is 16.2. The molecule has 0 saturated heterocycles. The second-order valence-electron chi connectivity index (χ2n) is 4.76. The predicted molar refractivity (Wildman–Crippen MR) is 82.9 cm³/mol. The molecule has 0 fully saturated rings. The Bertz CT molecular complexity index is 754. The van der Waals surface area contributed by atoms with E-state index in [1.54, 1.807) is 25.1 Å². The third-order valence-electron chi connectivity index (χ3n) is 3.04. The molecular weight excluding hydrogens is 307 g/mol. The Labute approximate surface area is 128 Å². The maximum absolute atomic E-state index is 12.9. The number of anilines is 1. The van der Waals surface area contributed by atoms with E-state index in [-0.39, 0.29) is 17.4 Å². The molecule has 0 amide bonds. The van der Waals surface area contributed by atoms with Crippen LogP contribution in [0, 0.1) is 12.7 Å². The van der Waals surface area contributed by atoms with E-state index in [9.17, 15) is 12.8 Å². The molecule has 1 heterocycles. The minimum atomic E-state index is -3.48. The lowest BCUT2D eigenvalue weighted by molar-refractivity contribution is 0.598. The van der Waals surface area contributed by atoms with Crippen molar-refractivity contribution in [2.45, 2.75) is 19.8 Å². The number of unbranched alkanes of at least 4 members (excludes halogenated alkanes) is 1. The van der Waals surface area contributed by atoms with Crippen molar-refractivity contribution in [1.29, 1.82) is 0 Å². The Morgan fingerprint density at radius 3 is 2.68 bits per heavy atom. The topological polar surface area (TPSA) is 76.9 Å². The number of allylic oxidation sites excluding steroid dienone is 1. The van der Waals surface area contributed by atoms with Gasteiger partial charge in [-0.15, -0.1) is 11.7 Å². The molecule has 0 radical (unpaired) electrons. The number of halogens is 1. The molecule has 2 aromatic rings. The van der Waals surface area contributed by atoms with E-state index in [0.29, 0.717) is 24.2 Å². The number of nitrogens with zero attached hydrogens (tertiary/aromatic N) is 3. The van der Waals surface area contributed by atoms with Crippen LogP contribution in [0.2, 0.25) is 0 Å². The first-order valence-corrected chi connectivity index (χ1v) is 8.38. The Balaban J connectivity index is 2.17. The van der Waals surface area contributed by atoms with Crippen LogP contribution in [0.15, 0.2) is 36.9 Å². The highest BCUT2D eigenvalue weighted by Gasteiger charge is 2.16. The van der Waals surface area contributed by atoms with Crippen molar-refractivity contribution < 1.29 is 12.8 Å². The molecule has 0 atom stereocenters. The van der Waals surface area contributed by atoms with Gasteiger partial charge in [-0.25, -0.2) is 17.5 Å². The third kappa shape index (κ3) is 3.91. The summed E-state index contributed by atoms with van der Waals surface area (Å²) in [5.74, 6) is -0.199. The lowest BCUT2D eigenvalue weighted by Gasteiger charge is -2.06. The lowest BCUT2D eigenvalue weighted by Crippen LogP contribution is -2.17. The van der Waals surface area contributed by atoms with E-state index in [2.05, 4.69) is 21.6 Å². The molecule has 22 heavy (non-hydrogen) atoms. The van der Waals surface area contributed by atoms with Gasteiger partial charge in [-0.05, 0) is 44.0 Å². The van der Waals surface area contributed by atoms with E-state index >= 15 is 0 Å². The van der Waals surface area contributed by atoms with Crippen molar-refractivity contribution in [3.8, 4) is 5.69 Å². The van der Waals surface area contributed by atoms with E-state index in [1.807, 2.05) is 0 Å². The molecule has 0 aliphatic rings. The van der Waals surface area contributed by atoms with Gasteiger partial charge >= 0.3 is 0 Å². The van der Waals surface area contributed by atoms with Gasteiger partial charge < -0.3 is 0 Å². The summed E-state index contributed by atoms with van der Waals surface area (Å²) < 4.78 is 40.7. The Morgan fingerprint density at radius 2 is 2.05 bits per heavy atom. The van der Waals surface area contributed by atoms with E-state index in [4.69, 9.17) is 0 Å². The molecule has 0 bridgehead atoms. The lowest BCUT2D eigenvalue weighted by atomic mass is 10.3. The molecule has 1 aromatic heterocycles. The normalized spacial score (nSPS) is 11.4. The largest absolute Gasteiger partial charge is 0.264 e. The van der Waals surface area contributed by atoms with E-state index in [0.717, 1.165) is 0 Å². The minimum Gasteiger partial charge on any atom is -0.264 e. The van der Waals surface area contributed by atoms with Gasteiger partial charge in [0.05, 0.1) is 17.1 Å². The molecule has 0 spiro atoms. The minimum absolute atomic E-state index is 0.0120. The van der Waals surface area contributed by atoms with Crippen molar-refractivity contribution in [2.75, 3.05) is 10.5 Å². The predicted octanol–water partition coefficient (Wildman–Crippen LogP) is 2.42. The second kappa shape index (κ2) is 6.69. The zero-order valence-corrected chi connectivity index (χ0v) is 13.0. The molecule has 0 saturated carbocycles. The number of aromatic nitrogens is 3. The Morgan fingerprint density at radius 1 is 1.36 bits per heavy atom. The highest BCUT2D eigenvalue weighted by Crippen LogP contribution is 2.17. The number of sulfonamides is 1. The first-order chi connectivity index (χ1) is 10.4. The molecule has 8 heteroatoms. The third-order valence-corrected chi connectivity index (χ3v) is 4.37. The van der Waals surface area contributed by atoms with Crippen molar-refractivity contribution >= 4 is 15.8 Å². The molecule has 1 N–H and O–H groups in total. The van der Waals surface area contributed by atoms with Gasteiger partial charge in [0, 0.05) is 0 Å². The average Bonchev–Trinajstić information content (AvgIpc) is 2.81. The summed E-state index contributed by atoms with van der Waals surface area (Å²) in [7, 11) is -3.48. The first kappa shape index (κ1) is 16.2. The van der Waals surface area contributed by atoms with Gasteiger partial charge in [-0.3, -0.25) is 4.72 Å².